The predicted molar refractivity (Wildman–Crippen MR) is 509 cm³/mol. The molecule has 3 N–H and O–H groups in total. The topological polar surface area (TPSA) is 162 Å². The van der Waals surface area contributed by atoms with E-state index in [4.69, 9.17) is 24.6 Å². The zero-order chi connectivity index (χ0) is 105. The van der Waals surface area contributed by atoms with Crippen LogP contribution < -0.4 is 49.1 Å². The molecule has 3 heterocycles. The number of nitriles is 1. The Morgan fingerprint density at radius 3 is 0.924 bits per heavy atom. The van der Waals surface area contributed by atoms with E-state index < -0.39 is 127 Å². The zero-order valence-corrected chi connectivity index (χ0v) is 86.3. The number of likely N-dealkylation sites (tertiary alicyclic amines) is 2. The molecule has 16 rings (SSSR count). The minimum absolute atomic E-state index is 0. The Morgan fingerprint density at radius 1 is 0.393 bits per heavy atom. The number of aliphatic hydroxyl groups excluding tert-OH is 2. The van der Waals surface area contributed by atoms with Gasteiger partial charge in [-0.2, -0.15) is 111 Å². The van der Waals surface area contributed by atoms with Gasteiger partial charge in [-0.1, -0.05) is 102 Å². The molecule has 4 unspecified atom stereocenters. The molecule has 0 bridgehead atoms. The molecule has 145 heavy (non-hydrogen) atoms. The molecular formula is C104H112BBr3F24N4NaO8. The fourth-order valence-electron chi connectivity index (χ4n) is 18.9. The summed E-state index contributed by atoms with van der Waals surface area (Å²) in [5.41, 5.74) is -4.92. The maximum absolute atomic E-state index is 13.3. The van der Waals surface area contributed by atoms with E-state index in [1.54, 1.807) is 0 Å². The first-order valence-corrected chi connectivity index (χ1v) is 51.3. The summed E-state index contributed by atoms with van der Waals surface area (Å²) >= 11 is 8.64. The minimum Gasteiger partial charge on any atom is -1.00 e. The summed E-state index contributed by atoms with van der Waals surface area (Å²) in [6, 6.07) is 41.2. The number of aliphatic hydroxyl groups is 2. The van der Waals surface area contributed by atoms with Crippen molar-refractivity contribution in [2.45, 2.75) is 224 Å². The molecule has 0 aromatic heterocycles. The van der Waals surface area contributed by atoms with Gasteiger partial charge in [0.25, 0.3) is 0 Å². The van der Waals surface area contributed by atoms with E-state index in [9.17, 15) is 125 Å². The number of piperidine rings is 3. The Bertz CT molecular complexity index is 5350. The number of ether oxygens (including phenoxy) is 3. The van der Waals surface area contributed by atoms with Crippen LogP contribution in [0.25, 0.3) is 0 Å². The van der Waals surface area contributed by atoms with Crippen LogP contribution in [-0.4, -0.2) is 136 Å². The molecule has 8 aromatic rings. The van der Waals surface area contributed by atoms with Crippen LogP contribution >= 0.6 is 44.2 Å². The van der Waals surface area contributed by atoms with E-state index in [1.165, 1.54) is 104 Å². The Labute approximate surface area is 876 Å². The summed E-state index contributed by atoms with van der Waals surface area (Å²) in [5, 5.41) is 30.7. The molecule has 8 aliphatic rings. The number of carbonyl (C=O) groups is 3. The first-order valence-electron chi connectivity index (χ1n) is 46.5. The number of hydrogen-bond donors (Lipinski definition) is 3. The molecule has 3 saturated heterocycles. The molecule has 789 valence electrons. The number of rotatable bonds is 23. The van der Waals surface area contributed by atoms with Crippen molar-refractivity contribution in [3.63, 3.8) is 0 Å². The Balaban J connectivity index is 0.000000273. The van der Waals surface area contributed by atoms with Gasteiger partial charge < -0.3 is 36.1 Å². The van der Waals surface area contributed by atoms with Crippen molar-refractivity contribution in [1.82, 2.24) is 15.1 Å². The Hall–Kier alpha value is -7.72. The number of carbonyl (C=O) groups excluding carboxylic acids is 3. The smallest absolute Gasteiger partial charge is 1.00 e. The van der Waals surface area contributed by atoms with Crippen molar-refractivity contribution >= 4 is 69.9 Å². The molecule has 8 aromatic carbocycles. The molecule has 12 nitrogen and oxygen atoms in total. The zero-order valence-electron chi connectivity index (χ0n) is 80.6. The van der Waals surface area contributed by atoms with Crippen LogP contribution in [0.15, 0.2) is 194 Å². The average molecular weight is 2280 g/mol. The maximum Gasteiger partial charge on any atom is 1.00 e. The number of nitrogens with zero attached hydrogens (tertiary/aromatic N) is 3. The third-order valence-corrected chi connectivity index (χ3v) is 28.6. The summed E-state index contributed by atoms with van der Waals surface area (Å²) < 4.78 is 319. The van der Waals surface area contributed by atoms with Crippen molar-refractivity contribution < 1.29 is 175 Å². The number of benzene rings is 8. The largest absolute Gasteiger partial charge is 1.00 e. The maximum atomic E-state index is 13.3. The van der Waals surface area contributed by atoms with Crippen LogP contribution in [0.4, 0.5) is 105 Å². The number of ketones is 3. The van der Waals surface area contributed by atoms with Crippen LogP contribution in [0, 0.1) is 29.1 Å². The van der Waals surface area contributed by atoms with E-state index in [0.717, 1.165) is 258 Å². The molecule has 8 fully saturated rings. The van der Waals surface area contributed by atoms with Gasteiger partial charge in [-0.25, -0.2) is 0 Å². The van der Waals surface area contributed by atoms with Gasteiger partial charge in [0.05, 0.1) is 110 Å². The SMILES string of the molecule is BrBr.CC(=O)C1(c2ccc(C(F)(F)F)cc2)CCC1.CO.FC(F)(F)c1ccc(OCC2CCCNC2)cc1.N#CC1(c2ccc(C(F)(F)F)cc2)CCC1.O=C(CBr)C1(c2ccc(C(F)(F)F)cc2)CCC1.O=C(CN1CCCC(COc2ccc(C(F)(F)F)cc2)C1)C1(c2ccc(C(F)(F)F)cc2)CCC1.OC(CN1CCCC(COc2ccc(C(F)(F)F)cc2)C1)C1(c2ccc(C(F)(F)F)cc2)CCC1.[B].[H-].[Na+]. The fourth-order valence-corrected chi connectivity index (χ4v) is 19.4. The normalized spacial score (nSPS) is 19.4. The summed E-state index contributed by atoms with van der Waals surface area (Å²) in [6.45, 7) is 8.20. The first-order chi connectivity index (χ1) is 67.2. The van der Waals surface area contributed by atoms with E-state index >= 15 is 0 Å². The van der Waals surface area contributed by atoms with Crippen molar-refractivity contribution in [1.29, 1.82) is 5.26 Å². The molecule has 5 saturated carbocycles. The number of hydrogen-bond acceptors (Lipinski definition) is 12. The fraction of sp³-hybridized carbons (Fsp3) is 0.500. The molecule has 0 amide bonds. The number of alkyl halides is 25. The van der Waals surface area contributed by atoms with Gasteiger partial charge in [-0.3, -0.25) is 19.3 Å². The van der Waals surface area contributed by atoms with E-state index in [0.29, 0.717) is 97.7 Å². The van der Waals surface area contributed by atoms with Crippen molar-refractivity contribution in [2.24, 2.45) is 17.8 Å². The van der Waals surface area contributed by atoms with Gasteiger partial charge in [0.15, 0.2) is 11.6 Å². The summed E-state index contributed by atoms with van der Waals surface area (Å²) in [7, 11) is 1.00. The van der Waals surface area contributed by atoms with E-state index in [-0.39, 0.29) is 80.5 Å². The average Bonchev–Trinajstić information content (AvgIpc) is 0.751. The van der Waals surface area contributed by atoms with Crippen LogP contribution in [0.3, 0.4) is 0 Å². The molecule has 41 heteroatoms. The molecule has 5 aliphatic carbocycles. The monoisotopic (exact) mass is 2270 g/mol. The van der Waals surface area contributed by atoms with E-state index in [2.05, 4.69) is 65.4 Å². The number of Topliss-reactive ketones (excluding diaryl/α,β-unsaturated/α-hetero) is 3. The summed E-state index contributed by atoms with van der Waals surface area (Å²) in [4.78, 5) is 41.1. The number of nitrogens with one attached hydrogen (secondary N) is 1. The van der Waals surface area contributed by atoms with Gasteiger partial charge in [-0.15, -0.1) is 0 Å². The number of halogens is 27. The molecular weight excluding hydrogens is 2160 g/mol. The molecule has 4 atom stereocenters. The van der Waals surface area contributed by atoms with Gasteiger partial charge in [0, 0.05) is 93.1 Å². The quantitative estimate of drug-likeness (QED) is 0.0316. The standard InChI is InChI=1S/C26H29F6NO2.C26H27F6NO2.C13H12BrF3O.C13H16F3NO.C13H13F3O.C12H10F3N.CH4O.B.Br2.Na.H/c2*27-25(28,29)20-6-4-19(5-7-20)24(12-2-13-24)23(34)16-33-14-1-3-18(15-33)17-35-22-10-8-21(9-11-22)26(30,31)32;14-8-11(18)12(6-1-7-12)9-2-4-10(5-3-9)13(15,16)17;14-13(15,16)11-3-5-12(6-4-11)18-9-10-2-1-7-17-8-10;1-9(17)12(7-2-8-12)10-3-5-11(6-4-10)13(14,15)16;13-12(14,15)10-4-2-9(3-5-10)11(8-16)6-1-7-11;1-2;;1-2;;/h4-11,18,23,34H,1-3,12-17H2;4-11,18H,1-3,12-17H2;2-5H,1,6-8H2;3-6,10,17H,1-2,7-9H2;3-6H,2,7-8H2,1H3;2-5H,1,6-7H2;2H,1H3;;;;/q;;;;;;;;;+1;-1. The summed E-state index contributed by atoms with van der Waals surface area (Å²) in [5.74, 6) is 2.09. The van der Waals surface area contributed by atoms with Crippen LogP contribution in [-0.2, 0) is 90.9 Å². The van der Waals surface area contributed by atoms with Crippen LogP contribution in [0.1, 0.15) is 216 Å². The van der Waals surface area contributed by atoms with Gasteiger partial charge in [0.2, 0.25) is 0 Å². The second kappa shape index (κ2) is 53.8. The van der Waals surface area contributed by atoms with Crippen molar-refractivity contribution in [3.8, 4) is 23.3 Å². The third-order valence-electron chi connectivity index (χ3n) is 28.0. The van der Waals surface area contributed by atoms with Crippen molar-refractivity contribution in [3.05, 3.63) is 266 Å². The molecule has 3 radical (unpaired) electrons. The van der Waals surface area contributed by atoms with E-state index in [1.807, 2.05) is 0 Å². The Kier molecular flexibility index (Phi) is 46.1. The van der Waals surface area contributed by atoms with Crippen molar-refractivity contribution in [2.75, 3.05) is 84.6 Å². The van der Waals surface area contributed by atoms with Crippen LogP contribution in [0.5, 0.6) is 17.2 Å². The third kappa shape index (κ3) is 33.6. The minimum atomic E-state index is -4.42. The first kappa shape index (κ1) is 124. The number of β-amino-alcohol motifs (C(OH)–C–C–N with tert-alkyl or cyclic N) is 1. The Morgan fingerprint density at radius 2 is 0.662 bits per heavy atom. The predicted octanol–water partition coefficient (Wildman–Crippen LogP) is 25.4. The van der Waals surface area contributed by atoms with Gasteiger partial charge >= 0.3 is 79.0 Å². The second-order valence-electron chi connectivity index (χ2n) is 37.0. The van der Waals surface area contributed by atoms with Gasteiger partial charge in [0.1, 0.15) is 23.0 Å². The summed E-state index contributed by atoms with van der Waals surface area (Å²) in [6.07, 6.45) is -17.9. The van der Waals surface area contributed by atoms with Gasteiger partial charge in [-0.05, 0) is 297 Å². The molecule has 3 aliphatic heterocycles. The van der Waals surface area contributed by atoms with Crippen LogP contribution in [0.2, 0.25) is 0 Å². The molecule has 0 spiro atoms. The second-order valence-corrected chi connectivity index (χ2v) is 37.6.